The summed E-state index contributed by atoms with van der Waals surface area (Å²) in [6, 6.07) is 0. The van der Waals surface area contributed by atoms with Crippen molar-refractivity contribution in [2.45, 2.75) is 117 Å². The van der Waals surface area contributed by atoms with Gasteiger partial charge in [-0.2, -0.15) is 0 Å². The number of aliphatic hydroxyl groups is 2. The summed E-state index contributed by atoms with van der Waals surface area (Å²) in [5, 5.41) is 21.0. The second kappa shape index (κ2) is 8.12. The Morgan fingerprint density at radius 1 is 0.759 bits per heavy atom. The Labute approximate surface area is 180 Å². The van der Waals surface area contributed by atoms with E-state index in [1.165, 1.54) is 51.4 Å². The van der Waals surface area contributed by atoms with E-state index in [0.717, 1.165) is 54.8 Å². The number of hydrogen-bond acceptors (Lipinski definition) is 2. The van der Waals surface area contributed by atoms with E-state index in [-0.39, 0.29) is 5.41 Å². The minimum Gasteiger partial charge on any atom is -0.390 e. The smallest absolute Gasteiger partial charge is 0.0832 e. The molecule has 0 bridgehead atoms. The van der Waals surface area contributed by atoms with E-state index in [0.29, 0.717) is 11.3 Å². The Bertz CT molecular complexity index is 573. The third-order valence-corrected chi connectivity index (χ3v) is 10.9. The van der Waals surface area contributed by atoms with Crippen LogP contribution in [0.2, 0.25) is 0 Å². The average molecular weight is 405 g/mol. The predicted molar refractivity (Wildman–Crippen MR) is 120 cm³/mol. The molecule has 0 spiro atoms. The van der Waals surface area contributed by atoms with Crippen LogP contribution in [0.5, 0.6) is 0 Å². The molecule has 2 N–H and O–H groups in total. The van der Waals surface area contributed by atoms with Crippen LogP contribution < -0.4 is 0 Å². The maximum Gasteiger partial charge on any atom is 0.0832 e. The molecule has 0 aromatic rings. The first kappa shape index (κ1) is 22.1. The van der Waals surface area contributed by atoms with Gasteiger partial charge in [0.25, 0.3) is 0 Å². The van der Waals surface area contributed by atoms with Crippen molar-refractivity contribution >= 4 is 0 Å². The highest BCUT2D eigenvalue weighted by atomic mass is 16.3. The van der Waals surface area contributed by atoms with Crippen molar-refractivity contribution in [2.24, 2.45) is 52.3 Å². The highest BCUT2D eigenvalue weighted by molar-refractivity contribution is 5.11. The molecule has 0 aliphatic heterocycles. The van der Waals surface area contributed by atoms with Gasteiger partial charge in [0.1, 0.15) is 0 Å². The fraction of sp³-hybridized carbons (Fsp3) is 1.00. The minimum atomic E-state index is -0.486. The third-order valence-electron chi connectivity index (χ3n) is 10.9. The highest BCUT2D eigenvalue weighted by Crippen LogP contribution is 2.68. The van der Waals surface area contributed by atoms with Crippen molar-refractivity contribution < 1.29 is 10.2 Å². The lowest BCUT2D eigenvalue weighted by atomic mass is 9.44. The van der Waals surface area contributed by atoms with Crippen LogP contribution in [0, 0.1) is 52.3 Å². The van der Waals surface area contributed by atoms with E-state index in [4.69, 9.17) is 0 Å². The maximum absolute atomic E-state index is 10.8. The first-order valence-corrected chi connectivity index (χ1v) is 13.0. The fourth-order valence-corrected chi connectivity index (χ4v) is 9.34. The molecule has 10 atom stereocenters. The van der Waals surface area contributed by atoms with Gasteiger partial charge in [-0.05, 0) is 104 Å². The van der Waals surface area contributed by atoms with Crippen molar-refractivity contribution in [2.75, 3.05) is 0 Å². The molecule has 2 heteroatoms. The van der Waals surface area contributed by atoms with E-state index < -0.39 is 12.2 Å². The lowest BCUT2D eigenvalue weighted by Gasteiger charge is -2.62. The zero-order valence-electron chi connectivity index (χ0n) is 19.9. The lowest BCUT2D eigenvalue weighted by Crippen LogP contribution is -2.58. The summed E-state index contributed by atoms with van der Waals surface area (Å²) in [5.41, 5.74) is 0.804. The van der Waals surface area contributed by atoms with Gasteiger partial charge in [0.05, 0.1) is 12.2 Å². The fourth-order valence-electron chi connectivity index (χ4n) is 9.34. The topological polar surface area (TPSA) is 40.5 Å². The van der Waals surface area contributed by atoms with Gasteiger partial charge in [-0.1, -0.05) is 53.9 Å². The summed E-state index contributed by atoms with van der Waals surface area (Å²) in [6.45, 7) is 12.4. The van der Waals surface area contributed by atoms with E-state index >= 15 is 0 Å². The van der Waals surface area contributed by atoms with Gasteiger partial charge in [-0.15, -0.1) is 0 Å². The molecule has 168 valence electrons. The Hall–Kier alpha value is -0.0800. The Morgan fingerprint density at radius 2 is 1.41 bits per heavy atom. The molecule has 4 fully saturated rings. The number of aliphatic hydroxyl groups excluding tert-OH is 2. The van der Waals surface area contributed by atoms with Crippen LogP contribution in [0.1, 0.15) is 105 Å². The van der Waals surface area contributed by atoms with E-state index in [9.17, 15) is 10.2 Å². The summed E-state index contributed by atoms with van der Waals surface area (Å²) < 4.78 is 0. The van der Waals surface area contributed by atoms with Crippen molar-refractivity contribution in [3.05, 3.63) is 0 Å². The maximum atomic E-state index is 10.8. The Morgan fingerprint density at radius 3 is 2.14 bits per heavy atom. The van der Waals surface area contributed by atoms with Gasteiger partial charge in [0, 0.05) is 0 Å². The highest BCUT2D eigenvalue weighted by Gasteiger charge is 2.61. The van der Waals surface area contributed by atoms with Crippen molar-refractivity contribution in [1.82, 2.24) is 0 Å². The van der Waals surface area contributed by atoms with Gasteiger partial charge < -0.3 is 10.2 Å². The Balaban J connectivity index is 1.48. The average Bonchev–Trinajstić information content (AvgIpc) is 3.02. The van der Waals surface area contributed by atoms with Crippen molar-refractivity contribution in [3.63, 3.8) is 0 Å². The molecule has 2 nitrogen and oxygen atoms in total. The van der Waals surface area contributed by atoms with Crippen LogP contribution >= 0.6 is 0 Å². The standard InChI is InChI=1S/C27H48O2/c1-17(2)7-6-8-18(3)20-11-12-21-19-9-10-23-25(29)24(28)14-16-27(23,5)22(19)13-15-26(20,21)4/h17-25,28-29H,6-16H2,1-5H3/t18-,19+,20-,21+,22+,23+,24-,25-,26-,27-/m1/s1. The molecule has 4 aliphatic rings. The molecule has 4 aliphatic carbocycles. The molecule has 0 unspecified atom stereocenters. The molecular weight excluding hydrogens is 356 g/mol. The quantitative estimate of drug-likeness (QED) is 0.553. The second-order valence-corrected chi connectivity index (χ2v) is 12.7. The van der Waals surface area contributed by atoms with Gasteiger partial charge in [-0.3, -0.25) is 0 Å². The largest absolute Gasteiger partial charge is 0.390 e. The van der Waals surface area contributed by atoms with Crippen LogP contribution in [0.3, 0.4) is 0 Å². The van der Waals surface area contributed by atoms with Crippen LogP contribution in [0.4, 0.5) is 0 Å². The molecule has 29 heavy (non-hydrogen) atoms. The first-order valence-electron chi connectivity index (χ1n) is 13.0. The Kier molecular flexibility index (Phi) is 6.19. The van der Waals surface area contributed by atoms with Crippen LogP contribution in [0.25, 0.3) is 0 Å². The third kappa shape index (κ3) is 3.63. The van der Waals surface area contributed by atoms with Gasteiger partial charge in [0.15, 0.2) is 0 Å². The molecule has 0 aromatic heterocycles. The lowest BCUT2D eigenvalue weighted by molar-refractivity contribution is -0.174. The number of hydrogen-bond donors (Lipinski definition) is 2. The monoisotopic (exact) mass is 404 g/mol. The van der Waals surface area contributed by atoms with Crippen molar-refractivity contribution in [1.29, 1.82) is 0 Å². The summed E-state index contributed by atoms with van der Waals surface area (Å²) in [5.74, 6) is 5.50. The SMILES string of the molecule is CC(C)CCC[C@@H](C)[C@H]1CC[C@H]2[C@@H]3CC[C@H]4[C@@H](O)[C@H](O)CC[C@]4(C)[C@H]3CC[C@]12C. The molecule has 0 heterocycles. The number of rotatable bonds is 5. The van der Waals surface area contributed by atoms with E-state index in [1.807, 2.05) is 0 Å². The predicted octanol–water partition coefficient (Wildman–Crippen LogP) is 6.44. The van der Waals surface area contributed by atoms with Crippen LogP contribution in [-0.4, -0.2) is 22.4 Å². The molecule has 0 saturated heterocycles. The molecule has 4 rings (SSSR count). The summed E-state index contributed by atoms with van der Waals surface area (Å²) in [4.78, 5) is 0. The van der Waals surface area contributed by atoms with Gasteiger partial charge >= 0.3 is 0 Å². The summed E-state index contributed by atoms with van der Waals surface area (Å²) in [6.07, 6.45) is 13.3. The first-order chi connectivity index (χ1) is 13.7. The van der Waals surface area contributed by atoms with Crippen LogP contribution in [-0.2, 0) is 0 Å². The van der Waals surface area contributed by atoms with Crippen molar-refractivity contribution in [3.8, 4) is 0 Å². The number of fused-ring (bicyclic) bond motifs is 5. The zero-order chi connectivity index (χ0) is 21.0. The summed E-state index contributed by atoms with van der Waals surface area (Å²) >= 11 is 0. The second-order valence-electron chi connectivity index (χ2n) is 12.7. The molecule has 4 saturated carbocycles. The van der Waals surface area contributed by atoms with Gasteiger partial charge in [0.2, 0.25) is 0 Å². The molecule has 0 amide bonds. The minimum absolute atomic E-state index is 0.254. The van der Waals surface area contributed by atoms with E-state index in [1.54, 1.807) is 0 Å². The van der Waals surface area contributed by atoms with E-state index in [2.05, 4.69) is 34.6 Å². The summed E-state index contributed by atoms with van der Waals surface area (Å²) in [7, 11) is 0. The molecule has 0 radical (unpaired) electrons. The zero-order valence-corrected chi connectivity index (χ0v) is 19.9. The van der Waals surface area contributed by atoms with Crippen LogP contribution in [0.15, 0.2) is 0 Å². The normalized spacial score (nSPS) is 50.7. The molecular formula is C27H48O2. The molecule has 0 aromatic carbocycles. The van der Waals surface area contributed by atoms with Gasteiger partial charge in [-0.25, -0.2) is 0 Å².